The molecule has 8 heavy (non-hydrogen) atoms. The van der Waals surface area contributed by atoms with Crippen molar-refractivity contribution in [3.8, 4) is 0 Å². The maximum Gasteiger partial charge on any atom is 0.180 e. The van der Waals surface area contributed by atoms with Crippen LogP contribution in [-0.2, 0) is 0 Å². The summed E-state index contributed by atoms with van der Waals surface area (Å²) in [6.45, 7) is 0.265. The standard InChI is InChI=1S/C4H7F2N.ClH/c5-4-2-1-3-7(4)6;/h4H,1-3H2;1H. The Morgan fingerprint density at radius 2 is 2.12 bits per heavy atom. The van der Waals surface area contributed by atoms with Gasteiger partial charge in [0.05, 0.1) is 0 Å². The van der Waals surface area contributed by atoms with E-state index >= 15 is 0 Å². The second-order valence-corrected chi connectivity index (χ2v) is 1.70. The van der Waals surface area contributed by atoms with Crippen molar-refractivity contribution in [1.82, 2.24) is 5.12 Å². The first kappa shape index (κ1) is 8.11. The van der Waals surface area contributed by atoms with Crippen LogP contribution < -0.4 is 0 Å². The summed E-state index contributed by atoms with van der Waals surface area (Å²) < 4.78 is 23.6. The van der Waals surface area contributed by atoms with Gasteiger partial charge in [0.1, 0.15) is 0 Å². The van der Waals surface area contributed by atoms with Gasteiger partial charge in [-0.05, 0) is 12.8 Å². The molecule has 4 heteroatoms. The van der Waals surface area contributed by atoms with Gasteiger partial charge in [-0.15, -0.1) is 22.0 Å². The van der Waals surface area contributed by atoms with Gasteiger partial charge in [0.25, 0.3) is 0 Å². The SMILES string of the molecule is Cl.FC1CCCN1F. The molecule has 1 saturated heterocycles. The maximum atomic E-state index is 11.9. The Morgan fingerprint density at radius 1 is 1.50 bits per heavy atom. The second kappa shape index (κ2) is 3.20. The van der Waals surface area contributed by atoms with E-state index in [1.807, 2.05) is 0 Å². The van der Waals surface area contributed by atoms with Crippen LogP contribution in [0.1, 0.15) is 12.8 Å². The molecule has 0 radical (unpaired) electrons. The molecule has 1 atom stereocenters. The van der Waals surface area contributed by atoms with Gasteiger partial charge < -0.3 is 0 Å². The first-order valence-electron chi connectivity index (χ1n) is 2.37. The molecule has 1 heterocycles. The minimum absolute atomic E-state index is 0. The summed E-state index contributed by atoms with van der Waals surface area (Å²) in [5.74, 6) is 0. The summed E-state index contributed by atoms with van der Waals surface area (Å²) in [6, 6.07) is 0. The Bertz CT molecular complexity index is 63.1. The van der Waals surface area contributed by atoms with Crippen LogP contribution in [0.25, 0.3) is 0 Å². The van der Waals surface area contributed by atoms with Crippen LogP contribution in [0.4, 0.5) is 8.87 Å². The normalized spacial score (nSPS) is 30.0. The molecule has 0 aliphatic carbocycles. The van der Waals surface area contributed by atoms with Crippen molar-refractivity contribution >= 4 is 12.4 Å². The molecule has 0 aromatic heterocycles. The van der Waals surface area contributed by atoms with Gasteiger partial charge in [-0.1, -0.05) is 0 Å². The fourth-order valence-corrected chi connectivity index (χ4v) is 0.691. The predicted octanol–water partition coefficient (Wildman–Crippen LogP) is 1.68. The van der Waals surface area contributed by atoms with Gasteiger partial charge in [-0.2, -0.15) is 0 Å². The smallest absolute Gasteiger partial charge is 0.180 e. The summed E-state index contributed by atoms with van der Waals surface area (Å²) in [5.41, 5.74) is 0. The van der Waals surface area contributed by atoms with Crippen LogP contribution >= 0.6 is 12.4 Å². The van der Waals surface area contributed by atoms with Gasteiger partial charge in [-0.25, -0.2) is 4.39 Å². The highest BCUT2D eigenvalue weighted by Crippen LogP contribution is 2.17. The topological polar surface area (TPSA) is 3.24 Å². The minimum atomic E-state index is -1.32. The molecular weight excluding hydrogens is 136 g/mol. The number of rotatable bonds is 0. The zero-order chi connectivity index (χ0) is 5.28. The monoisotopic (exact) mass is 143 g/mol. The number of hydrogen-bond donors (Lipinski definition) is 0. The number of halogens is 3. The highest BCUT2D eigenvalue weighted by Gasteiger charge is 2.22. The van der Waals surface area contributed by atoms with E-state index in [0.29, 0.717) is 12.8 Å². The average molecular weight is 144 g/mol. The molecule has 0 saturated carbocycles. The lowest BCUT2D eigenvalue weighted by Gasteiger charge is -2.01. The Morgan fingerprint density at radius 3 is 2.25 bits per heavy atom. The summed E-state index contributed by atoms with van der Waals surface area (Å²) in [6.07, 6.45) is -0.311. The van der Waals surface area contributed by atoms with Crippen LogP contribution in [0.5, 0.6) is 0 Å². The van der Waals surface area contributed by atoms with Crippen molar-refractivity contribution in [3.63, 3.8) is 0 Å². The van der Waals surface area contributed by atoms with Gasteiger partial charge >= 0.3 is 0 Å². The van der Waals surface area contributed by atoms with Crippen molar-refractivity contribution in [2.75, 3.05) is 6.54 Å². The average Bonchev–Trinajstić information content (AvgIpc) is 1.91. The number of nitrogens with zero attached hydrogens (tertiary/aromatic N) is 1. The van der Waals surface area contributed by atoms with Gasteiger partial charge in [0.15, 0.2) is 6.30 Å². The van der Waals surface area contributed by atoms with E-state index in [4.69, 9.17) is 0 Å². The van der Waals surface area contributed by atoms with E-state index in [-0.39, 0.29) is 24.1 Å². The van der Waals surface area contributed by atoms with Crippen LogP contribution in [0, 0.1) is 0 Å². The summed E-state index contributed by atoms with van der Waals surface area (Å²) >= 11 is 0. The Labute approximate surface area is 53.0 Å². The summed E-state index contributed by atoms with van der Waals surface area (Å²) in [7, 11) is 0. The van der Waals surface area contributed by atoms with Crippen LogP contribution in [0.15, 0.2) is 0 Å². The van der Waals surface area contributed by atoms with Crippen molar-refractivity contribution in [1.29, 1.82) is 0 Å². The molecule has 1 unspecified atom stereocenters. The predicted molar refractivity (Wildman–Crippen MR) is 29.2 cm³/mol. The lowest BCUT2D eigenvalue weighted by atomic mass is 10.4. The minimum Gasteiger partial charge on any atom is -0.228 e. The fraction of sp³-hybridized carbons (Fsp3) is 1.00. The molecule has 1 fully saturated rings. The van der Waals surface area contributed by atoms with Crippen LogP contribution in [0.2, 0.25) is 0 Å². The van der Waals surface area contributed by atoms with Gasteiger partial charge in [0.2, 0.25) is 0 Å². The summed E-state index contributed by atoms with van der Waals surface area (Å²) in [4.78, 5) is 0. The number of hydrogen-bond acceptors (Lipinski definition) is 1. The lowest BCUT2D eigenvalue weighted by Crippen LogP contribution is -2.14. The lowest BCUT2D eigenvalue weighted by molar-refractivity contribution is -0.0464. The molecule has 50 valence electrons. The molecule has 0 spiro atoms. The van der Waals surface area contributed by atoms with E-state index < -0.39 is 6.30 Å². The third-order valence-corrected chi connectivity index (χ3v) is 1.12. The molecule has 0 N–H and O–H groups in total. The Kier molecular flexibility index (Phi) is 3.24. The van der Waals surface area contributed by atoms with E-state index in [1.54, 1.807) is 0 Å². The fourth-order valence-electron chi connectivity index (χ4n) is 0.691. The quantitative estimate of drug-likeness (QED) is 0.369. The maximum absolute atomic E-state index is 11.9. The molecule has 1 rings (SSSR count). The van der Waals surface area contributed by atoms with E-state index in [1.165, 1.54) is 0 Å². The molecule has 1 aliphatic rings. The Balaban J connectivity index is 0.000000490. The summed E-state index contributed by atoms with van der Waals surface area (Å²) in [5, 5.41) is 0.236. The van der Waals surface area contributed by atoms with Crippen LogP contribution in [-0.4, -0.2) is 18.0 Å². The molecule has 0 aromatic rings. The Hall–Kier alpha value is 0.110. The number of alkyl halides is 1. The van der Waals surface area contributed by atoms with Crippen molar-refractivity contribution < 1.29 is 8.87 Å². The van der Waals surface area contributed by atoms with Gasteiger partial charge in [-0.3, -0.25) is 0 Å². The van der Waals surface area contributed by atoms with Crippen molar-refractivity contribution in [3.05, 3.63) is 0 Å². The second-order valence-electron chi connectivity index (χ2n) is 1.70. The highest BCUT2D eigenvalue weighted by atomic mass is 35.5. The molecule has 1 nitrogen and oxygen atoms in total. The highest BCUT2D eigenvalue weighted by molar-refractivity contribution is 5.85. The van der Waals surface area contributed by atoms with Crippen molar-refractivity contribution in [2.45, 2.75) is 19.1 Å². The van der Waals surface area contributed by atoms with Gasteiger partial charge in [0, 0.05) is 6.54 Å². The third kappa shape index (κ3) is 1.56. The molecule has 1 aliphatic heterocycles. The van der Waals surface area contributed by atoms with E-state index in [2.05, 4.69) is 0 Å². The zero-order valence-electron chi connectivity index (χ0n) is 4.31. The van der Waals surface area contributed by atoms with E-state index in [9.17, 15) is 8.87 Å². The zero-order valence-corrected chi connectivity index (χ0v) is 5.13. The molecule has 0 bridgehead atoms. The first-order chi connectivity index (χ1) is 3.30. The van der Waals surface area contributed by atoms with E-state index in [0.717, 1.165) is 0 Å². The third-order valence-electron chi connectivity index (χ3n) is 1.12. The van der Waals surface area contributed by atoms with Crippen molar-refractivity contribution in [2.24, 2.45) is 0 Å². The molecule has 0 aromatic carbocycles. The first-order valence-corrected chi connectivity index (χ1v) is 2.37. The molecule has 0 amide bonds. The molecular formula is C4H8ClF2N. The largest absolute Gasteiger partial charge is 0.228 e. The van der Waals surface area contributed by atoms with Crippen LogP contribution in [0.3, 0.4) is 0 Å².